The fourth-order valence-corrected chi connectivity index (χ4v) is 1.74. The molecule has 0 aliphatic rings. The van der Waals surface area contributed by atoms with E-state index < -0.39 is 0 Å². The molecule has 0 heterocycles. The highest BCUT2D eigenvalue weighted by Gasteiger charge is 2.10. The Labute approximate surface area is 109 Å². The molecule has 1 aromatic carbocycles. The molecule has 0 aliphatic heterocycles. The maximum Gasteiger partial charge on any atom is 0.234 e. The Balaban J connectivity index is 2.36. The summed E-state index contributed by atoms with van der Waals surface area (Å²) in [4.78, 5) is 13.8. The van der Waals surface area contributed by atoms with E-state index in [1.165, 1.54) is 0 Å². The number of rotatable bonds is 7. The molecule has 0 aliphatic carbocycles. The van der Waals surface area contributed by atoms with Crippen LogP contribution in [0.4, 0.5) is 0 Å². The summed E-state index contributed by atoms with van der Waals surface area (Å²) in [6, 6.07) is 10.0. The lowest BCUT2D eigenvalue weighted by Crippen LogP contribution is -2.38. The average Bonchev–Trinajstić information content (AvgIpc) is 2.37. The molecule has 4 nitrogen and oxygen atoms in total. The molecule has 1 atom stereocenters. The van der Waals surface area contributed by atoms with Crippen molar-refractivity contribution in [3.8, 4) is 0 Å². The topological polar surface area (TPSA) is 44.4 Å². The monoisotopic (exact) mass is 249 g/mol. The second kappa shape index (κ2) is 7.84. The molecule has 1 aromatic rings. The summed E-state index contributed by atoms with van der Waals surface area (Å²) < 4.78 is 0. The Morgan fingerprint density at radius 2 is 2.00 bits per heavy atom. The van der Waals surface area contributed by atoms with Gasteiger partial charge in [0.15, 0.2) is 0 Å². The van der Waals surface area contributed by atoms with Crippen molar-refractivity contribution in [2.75, 3.05) is 33.7 Å². The number of amides is 1. The Morgan fingerprint density at radius 3 is 2.61 bits per heavy atom. The predicted octanol–water partition coefficient (Wildman–Crippen LogP) is 1.02. The first-order valence-electron chi connectivity index (χ1n) is 6.31. The third-order valence-electron chi connectivity index (χ3n) is 2.83. The van der Waals surface area contributed by atoms with E-state index in [4.69, 9.17) is 0 Å². The Hall–Kier alpha value is -1.39. The lowest BCUT2D eigenvalue weighted by Gasteiger charge is -2.19. The molecule has 1 amide bonds. The molecule has 0 saturated heterocycles. The number of hydrogen-bond acceptors (Lipinski definition) is 3. The minimum Gasteiger partial charge on any atom is -0.348 e. The van der Waals surface area contributed by atoms with Crippen LogP contribution in [0.25, 0.3) is 0 Å². The van der Waals surface area contributed by atoms with E-state index in [1.807, 2.05) is 56.3 Å². The Kier molecular flexibility index (Phi) is 6.39. The van der Waals surface area contributed by atoms with Gasteiger partial charge in [0.1, 0.15) is 0 Å². The zero-order valence-electron chi connectivity index (χ0n) is 11.4. The van der Waals surface area contributed by atoms with Gasteiger partial charge in [-0.05, 0) is 26.6 Å². The number of nitrogens with one attached hydrogen (secondary N) is 2. The number of likely N-dealkylation sites (N-methyl/N-ethyl adjacent to an activating group) is 2. The standard InChI is InChI=1S/C14H23N3O/c1-12(13-7-5-4-6-8-13)16-14(18)11-17(3)10-9-15-2/h4-8,12,15H,9-11H2,1-3H3,(H,16,18). The first-order chi connectivity index (χ1) is 8.63. The second-order valence-electron chi connectivity index (χ2n) is 4.54. The van der Waals surface area contributed by atoms with E-state index >= 15 is 0 Å². The normalized spacial score (nSPS) is 12.4. The minimum atomic E-state index is 0.0522. The van der Waals surface area contributed by atoms with Crippen molar-refractivity contribution >= 4 is 5.91 Å². The molecular weight excluding hydrogens is 226 g/mol. The van der Waals surface area contributed by atoms with Crippen LogP contribution in [0.3, 0.4) is 0 Å². The average molecular weight is 249 g/mol. The van der Waals surface area contributed by atoms with Gasteiger partial charge in [0.05, 0.1) is 12.6 Å². The first-order valence-corrected chi connectivity index (χ1v) is 6.31. The van der Waals surface area contributed by atoms with Gasteiger partial charge < -0.3 is 10.6 Å². The van der Waals surface area contributed by atoms with Gasteiger partial charge in [0.2, 0.25) is 5.91 Å². The SMILES string of the molecule is CNCCN(C)CC(=O)NC(C)c1ccccc1. The number of benzene rings is 1. The number of carbonyl (C=O) groups is 1. The van der Waals surface area contributed by atoms with Gasteiger partial charge in [0, 0.05) is 13.1 Å². The molecule has 2 N–H and O–H groups in total. The lowest BCUT2D eigenvalue weighted by atomic mass is 10.1. The summed E-state index contributed by atoms with van der Waals surface area (Å²) in [6.45, 7) is 4.18. The van der Waals surface area contributed by atoms with E-state index in [1.54, 1.807) is 0 Å². The van der Waals surface area contributed by atoms with E-state index in [0.717, 1.165) is 18.7 Å². The van der Waals surface area contributed by atoms with Crippen LogP contribution in [0.5, 0.6) is 0 Å². The van der Waals surface area contributed by atoms with Crippen LogP contribution in [-0.2, 0) is 4.79 Å². The molecule has 1 unspecified atom stereocenters. The third-order valence-corrected chi connectivity index (χ3v) is 2.83. The van der Waals surface area contributed by atoms with Crippen molar-refractivity contribution in [1.82, 2.24) is 15.5 Å². The number of carbonyl (C=O) groups excluding carboxylic acids is 1. The smallest absolute Gasteiger partial charge is 0.234 e. The molecule has 0 aromatic heterocycles. The molecule has 0 radical (unpaired) electrons. The van der Waals surface area contributed by atoms with Crippen molar-refractivity contribution in [3.05, 3.63) is 35.9 Å². The summed E-state index contributed by atoms with van der Waals surface area (Å²) in [7, 11) is 3.86. The summed E-state index contributed by atoms with van der Waals surface area (Å²) in [5.41, 5.74) is 1.13. The van der Waals surface area contributed by atoms with Gasteiger partial charge in [-0.25, -0.2) is 0 Å². The van der Waals surface area contributed by atoms with Gasteiger partial charge in [0.25, 0.3) is 0 Å². The van der Waals surface area contributed by atoms with E-state index in [-0.39, 0.29) is 11.9 Å². The van der Waals surface area contributed by atoms with E-state index in [9.17, 15) is 4.79 Å². The van der Waals surface area contributed by atoms with Crippen molar-refractivity contribution in [1.29, 1.82) is 0 Å². The second-order valence-corrected chi connectivity index (χ2v) is 4.54. The Morgan fingerprint density at radius 1 is 1.33 bits per heavy atom. The van der Waals surface area contributed by atoms with Crippen LogP contribution in [0.2, 0.25) is 0 Å². The molecule has 0 saturated carbocycles. The fourth-order valence-electron chi connectivity index (χ4n) is 1.74. The Bertz CT molecular complexity index is 353. The predicted molar refractivity (Wildman–Crippen MR) is 74.4 cm³/mol. The van der Waals surface area contributed by atoms with Gasteiger partial charge >= 0.3 is 0 Å². The summed E-state index contributed by atoms with van der Waals surface area (Å²) in [5, 5.41) is 6.07. The zero-order chi connectivity index (χ0) is 13.4. The fraction of sp³-hybridized carbons (Fsp3) is 0.500. The molecule has 0 fully saturated rings. The van der Waals surface area contributed by atoms with Crippen molar-refractivity contribution in [2.45, 2.75) is 13.0 Å². The highest BCUT2D eigenvalue weighted by molar-refractivity contribution is 5.78. The number of hydrogen-bond donors (Lipinski definition) is 2. The van der Waals surface area contributed by atoms with Crippen molar-refractivity contribution in [2.24, 2.45) is 0 Å². The van der Waals surface area contributed by atoms with Gasteiger partial charge in [-0.1, -0.05) is 30.3 Å². The first kappa shape index (κ1) is 14.7. The van der Waals surface area contributed by atoms with Gasteiger partial charge in [-0.15, -0.1) is 0 Å². The van der Waals surface area contributed by atoms with Crippen LogP contribution in [0, 0.1) is 0 Å². The molecule has 0 bridgehead atoms. The summed E-state index contributed by atoms with van der Waals surface area (Å²) in [6.07, 6.45) is 0. The van der Waals surface area contributed by atoms with Crippen LogP contribution in [0.15, 0.2) is 30.3 Å². The van der Waals surface area contributed by atoms with Crippen LogP contribution < -0.4 is 10.6 Å². The van der Waals surface area contributed by atoms with Crippen molar-refractivity contribution in [3.63, 3.8) is 0 Å². The van der Waals surface area contributed by atoms with E-state index in [2.05, 4.69) is 10.6 Å². The third kappa shape index (κ3) is 5.29. The molecule has 0 spiro atoms. The quantitative estimate of drug-likeness (QED) is 0.758. The molecule has 4 heteroatoms. The van der Waals surface area contributed by atoms with Crippen LogP contribution in [0.1, 0.15) is 18.5 Å². The molecule has 100 valence electrons. The van der Waals surface area contributed by atoms with Gasteiger partial charge in [-0.3, -0.25) is 9.69 Å². The van der Waals surface area contributed by atoms with Crippen LogP contribution in [-0.4, -0.2) is 44.5 Å². The van der Waals surface area contributed by atoms with Gasteiger partial charge in [-0.2, -0.15) is 0 Å². The maximum absolute atomic E-state index is 11.8. The summed E-state index contributed by atoms with van der Waals surface area (Å²) >= 11 is 0. The molecular formula is C14H23N3O. The largest absolute Gasteiger partial charge is 0.348 e. The van der Waals surface area contributed by atoms with E-state index in [0.29, 0.717) is 6.54 Å². The highest BCUT2D eigenvalue weighted by Crippen LogP contribution is 2.10. The maximum atomic E-state index is 11.8. The van der Waals surface area contributed by atoms with Crippen LogP contribution >= 0.6 is 0 Å². The lowest BCUT2D eigenvalue weighted by molar-refractivity contribution is -0.122. The summed E-state index contributed by atoms with van der Waals surface area (Å²) in [5.74, 6) is 0.0601. The zero-order valence-corrected chi connectivity index (χ0v) is 11.4. The molecule has 18 heavy (non-hydrogen) atoms. The minimum absolute atomic E-state index is 0.0522. The molecule has 1 rings (SSSR count). The number of nitrogens with zero attached hydrogens (tertiary/aromatic N) is 1. The van der Waals surface area contributed by atoms with Crippen molar-refractivity contribution < 1.29 is 4.79 Å². The highest BCUT2D eigenvalue weighted by atomic mass is 16.2.